The minimum absolute atomic E-state index is 0. The Bertz CT molecular complexity index is 552. The lowest BCUT2D eigenvalue weighted by molar-refractivity contribution is -0.138. The van der Waals surface area contributed by atoms with Gasteiger partial charge in [0.15, 0.2) is 0 Å². The lowest BCUT2D eigenvalue weighted by atomic mass is 9.96. The van der Waals surface area contributed by atoms with Gasteiger partial charge in [0, 0.05) is 18.5 Å². The zero-order valence-corrected chi connectivity index (χ0v) is 14.1. The second-order valence-corrected chi connectivity index (χ2v) is 6.42. The van der Waals surface area contributed by atoms with Gasteiger partial charge < -0.3 is 10.2 Å². The number of carbonyl (C=O) groups is 1. The molecule has 0 aromatic heterocycles. The molecule has 24 heavy (non-hydrogen) atoms. The molecule has 1 aromatic rings. The van der Waals surface area contributed by atoms with Gasteiger partial charge >= 0.3 is 6.18 Å². The molecule has 1 saturated heterocycles. The lowest BCUT2D eigenvalue weighted by Gasteiger charge is -2.30. The maximum Gasteiger partial charge on any atom is 0.416 e. The molecule has 0 radical (unpaired) electrons. The molecule has 3 nitrogen and oxygen atoms in total. The quantitative estimate of drug-likeness (QED) is 0.887. The van der Waals surface area contributed by atoms with Crippen LogP contribution < -0.4 is 5.32 Å². The average molecular weight is 363 g/mol. The molecule has 1 aliphatic heterocycles. The Kier molecular flexibility index (Phi) is 6.15. The molecule has 2 aliphatic rings. The van der Waals surface area contributed by atoms with Crippen molar-refractivity contribution in [1.82, 2.24) is 10.2 Å². The molecule has 7 heteroatoms. The second kappa shape index (κ2) is 7.74. The smallest absolute Gasteiger partial charge is 0.335 e. The molecular weight excluding hydrogens is 341 g/mol. The molecule has 1 saturated carbocycles. The van der Waals surface area contributed by atoms with E-state index in [-0.39, 0.29) is 30.3 Å². The van der Waals surface area contributed by atoms with Gasteiger partial charge in [-0.25, -0.2) is 0 Å². The number of nitrogens with one attached hydrogen (secondary N) is 1. The topological polar surface area (TPSA) is 32.3 Å². The Morgan fingerprint density at radius 3 is 2.17 bits per heavy atom. The number of hydrogen-bond donors (Lipinski definition) is 1. The highest BCUT2D eigenvalue weighted by Gasteiger charge is 2.36. The van der Waals surface area contributed by atoms with E-state index in [4.69, 9.17) is 0 Å². The Hall–Kier alpha value is -1.27. The largest absolute Gasteiger partial charge is 0.416 e. The average Bonchev–Trinajstić information content (AvgIpc) is 3.37. The van der Waals surface area contributed by atoms with Crippen LogP contribution in [0.15, 0.2) is 24.3 Å². The van der Waals surface area contributed by atoms with Crippen molar-refractivity contribution < 1.29 is 18.0 Å². The summed E-state index contributed by atoms with van der Waals surface area (Å²) in [6.45, 7) is 2.12. The van der Waals surface area contributed by atoms with Crippen molar-refractivity contribution in [2.45, 2.75) is 44.4 Å². The van der Waals surface area contributed by atoms with Gasteiger partial charge in [-0.2, -0.15) is 13.2 Å². The minimum Gasteiger partial charge on any atom is -0.335 e. The first kappa shape index (κ1) is 19.1. The Labute approximate surface area is 146 Å². The van der Waals surface area contributed by atoms with Crippen LogP contribution in [0, 0.1) is 5.92 Å². The number of amides is 1. The van der Waals surface area contributed by atoms with Crippen LogP contribution in [-0.2, 0) is 17.5 Å². The SMILES string of the molecule is Cl.O=C(C1CCNCC1)N(Cc1ccc(C(F)(F)F)cc1)C1CC1. The first-order valence-electron chi connectivity index (χ1n) is 8.12. The first-order chi connectivity index (χ1) is 10.9. The molecule has 134 valence electrons. The Morgan fingerprint density at radius 2 is 1.67 bits per heavy atom. The highest BCUT2D eigenvalue weighted by Crippen LogP contribution is 2.32. The molecule has 3 rings (SSSR count). The van der Waals surface area contributed by atoms with Gasteiger partial charge in [-0.1, -0.05) is 12.1 Å². The summed E-state index contributed by atoms with van der Waals surface area (Å²) in [4.78, 5) is 14.6. The van der Waals surface area contributed by atoms with Gasteiger partial charge in [-0.3, -0.25) is 4.79 Å². The first-order valence-corrected chi connectivity index (χ1v) is 8.12. The third kappa shape index (κ3) is 4.63. The highest BCUT2D eigenvalue weighted by atomic mass is 35.5. The predicted octanol–water partition coefficient (Wildman–Crippen LogP) is 3.62. The van der Waals surface area contributed by atoms with E-state index < -0.39 is 11.7 Å². The zero-order chi connectivity index (χ0) is 16.4. The van der Waals surface area contributed by atoms with Crippen molar-refractivity contribution in [2.24, 2.45) is 5.92 Å². The second-order valence-electron chi connectivity index (χ2n) is 6.42. The molecule has 0 atom stereocenters. The fraction of sp³-hybridized carbons (Fsp3) is 0.588. The fourth-order valence-corrected chi connectivity index (χ4v) is 3.07. The maximum absolute atomic E-state index is 12.7. The molecular formula is C17H22ClF3N2O. The Balaban J connectivity index is 0.00000208. The third-order valence-electron chi connectivity index (χ3n) is 4.59. The van der Waals surface area contributed by atoms with Crippen molar-refractivity contribution in [3.05, 3.63) is 35.4 Å². The maximum atomic E-state index is 12.7. The lowest BCUT2D eigenvalue weighted by Crippen LogP contribution is -2.41. The van der Waals surface area contributed by atoms with Crippen LogP contribution in [0.2, 0.25) is 0 Å². The predicted molar refractivity (Wildman–Crippen MR) is 87.9 cm³/mol. The van der Waals surface area contributed by atoms with E-state index in [1.54, 1.807) is 0 Å². The Morgan fingerprint density at radius 1 is 1.08 bits per heavy atom. The number of benzene rings is 1. The van der Waals surface area contributed by atoms with Crippen LogP contribution in [0.5, 0.6) is 0 Å². The van der Waals surface area contributed by atoms with Crippen LogP contribution in [0.4, 0.5) is 13.2 Å². The molecule has 1 amide bonds. The summed E-state index contributed by atoms with van der Waals surface area (Å²) >= 11 is 0. The molecule has 1 N–H and O–H groups in total. The standard InChI is InChI=1S/C17H21F3N2O.ClH/c18-17(19,20)14-3-1-12(2-4-14)11-22(15-5-6-15)16(23)13-7-9-21-10-8-13;/h1-4,13,15,21H,5-11H2;1H. The molecule has 0 bridgehead atoms. The fourth-order valence-electron chi connectivity index (χ4n) is 3.07. The van der Waals surface area contributed by atoms with Gasteiger partial charge in [-0.05, 0) is 56.5 Å². The van der Waals surface area contributed by atoms with E-state index in [1.165, 1.54) is 12.1 Å². The van der Waals surface area contributed by atoms with Crippen LogP contribution in [-0.4, -0.2) is 29.9 Å². The van der Waals surface area contributed by atoms with E-state index in [0.717, 1.165) is 56.5 Å². The molecule has 1 aliphatic carbocycles. The normalized spacial score (nSPS) is 18.8. The number of rotatable bonds is 4. The highest BCUT2D eigenvalue weighted by molar-refractivity contribution is 5.85. The van der Waals surface area contributed by atoms with Crippen LogP contribution >= 0.6 is 12.4 Å². The minimum atomic E-state index is -4.32. The molecule has 1 heterocycles. The number of alkyl halides is 3. The summed E-state index contributed by atoms with van der Waals surface area (Å²) in [6, 6.07) is 5.41. The monoisotopic (exact) mass is 362 g/mol. The van der Waals surface area contributed by atoms with Crippen molar-refractivity contribution in [2.75, 3.05) is 13.1 Å². The van der Waals surface area contributed by atoms with Gasteiger partial charge in [-0.15, -0.1) is 12.4 Å². The molecule has 0 unspecified atom stereocenters. The van der Waals surface area contributed by atoms with Gasteiger partial charge in [0.2, 0.25) is 5.91 Å². The summed E-state index contributed by atoms with van der Waals surface area (Å²) in [5.41, 5.74) is 0.107. The summed E-state index contributed by atoms with van der Waals surface area (Å²) in [5.74, 6) is 0.209. The van der Waals surface area contributed by atoms with E-state index in [1.807, 2.05) is 4.90 Å². The molecule has 1 aromatic carbocycles. The van der Waals surface area contributed by atoms with Crippen molar-refractivity contribution in [3.8, 4) is 0 Å². The van der Waals surface area contributed by atoms with Crippen molar-refractivity contribution >= 4 is 18.3 Å². The van der Waals surface area contributed by atoms with E-state index in [2.05, 4.69) is 5.32 Å². The number of halogens is 4. The van der Waals surface area contributed by atoms with Gasteiger partial charge in [0.25, 0.3) is 0 Å². The zero-order valence-electron chi connectivity index (χ0n) is 13.3. The van der Waals surface area contributed by atoms with Gasteiger partial charge in [0.1, 0.15) is 0 Å². The number of carbonyl (C=O) groups excluding carboxylic acids is 1. The number of nitrogens with zero attached hydrogens (tertiary/aromatic N) is 1. The van der Waals surface area contributed by atoms with E-state index in [9.17, 15) is 18.0 Å². The summed E-state index contributed by atoms with van der Waals surface area (Å²) < 4.78 is 37.9. The summed E-state index contributed by atoms with van der Waals surface area (Å²) in [7, 11) is 0. The van der Waals surface area contributed by atoms with Crippen LogP contribution in [0.1, 0.15) is 36.8 Å². The van der Waals surface area contributed by atoms with Crippen molar-refractivity contribution in [3.63, 3.8) is 0 Å². The number of piperidine rings is 1. The van der Waals surface area contributed by atoms with E-state index in [0.29, 0.717) is 6.54 Å². The molecule has 2 fully saturated rings. The van der Waals surface area contributed by atoms with Gasteiger partial charge in [0.05, 0.1) is 5.56 Å². The van der Waals surface area contributed by atoms with Crippen LogP contribution in [0.3, 0.4) is 0 Å². The van der Waals surface area contributed by atoms with Crippen LogP contribution in [0.25, 0.3) is 0 Å². The number of hydrogen-bond acceptors (Lipinski definition) is 2. The third-order valence-corrected chi connectivity index (χ3v) is 4.59. The summed E-state index contributed by atoms with van der Waals surface area (Å²) in [6.07, 6.45) is -0.640. The summed E-state index contributed by atoms with van der Waals surface area (Å²) in [5, 5.41) is 3.25. The van der Waals surface area contributed by atoms with Crippen molar-refractivity contribution in [1.29, 1.82) is 0 Å². The van der Waals surface area contributed by atoms with E-state index >= 15 is 0 Å². The molecule has 0 spiro atoms.